The summed E-state index contributed by atoms with van der Waals surface area (Å²) in [7, 11) is 0. The third kappa shape index (κ3) is 1.63. The van der Waals surface area contributed by atoms with Crippen LogP contribution in [0, 0.1) is 5.82 Å². The number of nitrogens with zero attached hydrogens (tertiary/aromatic N) is 1. The summed E-state index contributed by atoms with van der Waals surface area (Å²) in [5, 5.41) is 11.9. The van der Waals surface area contributed by atoms with E-state index in [1.807, 2.05) is 0 Å². The molecule has 0 radical (unpaired) electrons. The van der Waals surface area contributed by atoms with E-state index in [-0.39, 0.29) is 17.9 Å². The number of benzene rings is 1. The molecule has 5 nitrogen and oxygen atoms in total. The number of hydrogen-bond donors (Lipinski definition) is 3. The zero-order valence-corrected chi connectivity index (χ0v) is 8.70. The second-order valence-corrected chi connectivity index (χ2v) is 3.79. The molecule has 2 amide bonds. The Bertz CT molecular complexity index is 567. The number of urea groups is 1. The molecule has 1 aromatic heterocycles. The van der Waals surface area contributed by atoms with Crippen molar-refractivity contribution in [3.63, 3.8) is 0 Å². The maximum atomic E-state index is 13.1. The number of rotatable bonds is 1. The van der Waals surface area contributed by atoms with Crippen LogP contribution in [-0.2, 0) is 0 Å². The quantitative estimate of drug-likeness (QED) is 0.701. The normalized spacial score (nSPS) is 18.2. The number of halogens is 1. The van der Waals surface area contributed by atoms with Crippen LogP contribution in [0.25, 0.3) is 0 Å². The van der Waals surface area contributed by atoms with E-state index in [2.05, 4.69) is 20.8 Å². The summed E-state index contributed by atoms with van der Waals surface area (Å²) in [4.78, 5) is 11.5. The highest BCUT2D eigenvalue weighted by atomic mass is 19.1. The van der Waals surface area contributed by atoms with Crippen molar-refractivity contribution in [3.8, 4) is 0 Å². The highest BCUT2D eigenvalue weighted by Gasteiger charge is 2.26. The van der Waals surface area contributed by atoms with E-state index in [1.54, 1.807) is 18.5 Å². The fourth-order valence-corrected chi connectivity index (χ4v) is 1.94. The summed E-state index contributed by atoms with van der Waals surface area (Å²) in [5.41, 5.74) is 2.13. The van der Waals surface area contributed by atoms with Gasteiger partial charge in [0.1, 0.15) is 5.82 Å². The molecule has 0 spiro atoms. The molecule has 3 rings (SSSR count). The molecule has 0 fully saturated rings. The van der Waals surface area contributed by atoms with Crippen LogP contribution in [-0.4, -0.2) is 16.2 Å². The number of carbonyl (C=O) groups excluding carboxylic acids is 1. The first-order valence-electron chi connectivity index (χ1n) is 5.09. The lowest BCUT2D eigenvalue weighted by atomic mass is 9.98. The zero-order valence-electron chi connectivity index (χ0n) is 8.70. The molecule has 6 heteroatoms. The lowest BCUT2D eigenvalue weighted by Gasteiger charge is -2.26. The van der Waals surface area contributed by atoms with Gasteiger partial charge in [0.15, 0.2) is 0 Å². The first-order valence-corrected chi connectivity index (χ1v) is 5.09. The van der Waals surface area contributed by atoms with Crippen molar-refractivity contribution in [2.75, 3.05) is 5.32 Å². The minimum atomic E-state index is -0.378. The molecule has 1 unspecified atom stereocenters. The Morgan fingerprint density at radius 3 is 3.00 bits per heavy atom. The van der Waals surface area contributed by atoms with E-state index < -0.39 is 0 Å². The Balaban J connectivity index is 2.11. The summed E-state index contributed by atoms with van der Waals surface area (Å²) >= 11 is 0. The molecule has 2 aromatic rings. The van der Waals surface area contributed by atoms with Gasteiger partial charge in [0, 0.05) is 17.3 Å². The molecule has 0 saturated carbocycles. The van der Waals surface area contributed by atoms with E-state index in [9.17, 15) is 9.18 Å². The molecule has 17 heavy (non-hydrogen) atoms. The van der Waals surface area contributed by atoms with E-state index in [4.69, 9.17) is 0 Å². The van der Waals surface area contributed by atoms with E-state index in [1.165, 1.54) is 12.1 Å². The fourth-order valence-electron chi connectivity index (χ4n) is 1.94. The number of H-pyrrole nitrogens is 1. The van der Waals surface area contributed by atoms with Crippen LogP contribution in [0.15, 0.2) is 30.6 Å². The van der Waals surface area contributed by atoms with E-state index in [0.717, 1.165) is 11.1 Å². The fraction of sp³-hybridized carbons (Fsp3) is 0.0909. The van der Waals surface area contributed by atoms with Crippen LogP contribution < -0.4 is 10.6 Å². The van der Waals surface area contributed by atoms with Crippen molar-refractivity contribution >= 4 is 11.7 Å². The number of hydrogen-bond acceptors (Lipinski definition) is 2. The monoisotopic (exact) mass is 232 g/mol. The van der Waals surface area contributed by atoms with Crippen molar-refractivity contribution in [2.24, 2.45) is 0 Å². The van der Waals surface area contributed by atoms with Gasteiger partial charge in [0.2, 0.25) is 0 Å². The number of nitrogens with one attached hydrogen (secondary N) is 3. The molecule has 0 saturated heterocycles. The standard InChI is InChI=1S/C11H9FN4O/c12-7-1-2-8-9(3-7)15-11(17)16-10(8)6-4-13-14-5-6/h1-5,10H,(H,13,14)(H2,15,16,17). The number of aromatic amines is 1. The predicted octanol–water partition coefficient (Wildman–Crippen LogP) is 1.77. The average Bonchev–Trinajstić information content (AvgIpc) is 2.80. The summed E-state index contributed by atoms with van der Waals surface area (Å²) < 4.78 is 13.1. The van der Waals surface area contributed by atoms with Gasteiger partial charge >= 0.3 is 6.03 Å². The summed E-state index contributed by atoms with van der Waals surface area (Å²) in [6.45, 7) is 0. The SMILES string of the molecule is O=C1Nc2cc(F)ccc2C(c2cn[nH]c2)N1. The lowest BCUT2D eigenvalue weighted by Crippen LogP contribution is -2.38. The molecular formula is C11H9FN4O. The van der Waals surface area contributed by atoms with Crippen LogP contribution in [0.2, 0.25) is 0 Å². The van der Waals surface area contributed by atoms with Crippen LogP contribution in [0.1, 0.15) is 17.2 Å². The van der Waals surface area contributed by atoms with Crippen molar-refractivity contribution in [1.82, 2.24) is 15.5 Å². The Kier molecular flexibility index (Phi) is 2.07. The third-order valence-corrected chi connectivity index (χ3v) is 2.70. The molecule has 1 aromatic carbocycles. The van der Waals surface area contributed by atoms with Gasteiger partial charge < -0.3 is 10.6 Å². The Hall–Kier alpha value is -2.37. The van der Waals surface area contributed by atoms with E-state index >= 15 is 0 Å². The second-order valence-electron chi connectivity index (χ2n) is 3.79. The Morgan fingerprint density at radius 2 is 2.24 bits per heavy atom. The predicted molar refractivity (Wildman–Crippen MR) is 59.0 cm³/mol. The lowest BCUT2D eigenvalue weighted by molar-refractivity contribution is 0.249. The summed E-state index contributed by atoms with van der Waals surface area (Å²) in [5.74, 6) is -0.378. The van der Waals surface area contributed by atoms with Crippen molar-refractivity contribution in [2.45, 2.75) is 6.04 Å². The van der Waals surface area contributed by atoms with Gasteiger partial charge in [-0.15, -0.1) is 0 Å². The molecule has 86 valence electrons. The molecule has 0 aliphatic carbocycles. The number of fused-ring (bicyclic) bond motifs is 1. The van der Waals surface area contributed by atoms with Gasteiger partial charge in [0.05, 0.1) is 17.9 Å². The average molecular weight is 232 g/mol. The number of carbonyl (C=O) groups is 1. The van der Waals surface area contributed by atoms with Crippen LogP contribution in [0.4, 0.5) is 14.9 Å². The Morgan fingerprint density at radius 1 is 1.35 bits per heavy atom. The highest BCUT2D eigenvalue weighted by molar-refractivity contribution is 5.93. The molecule has 1 atom stereocenters. The first-order chi connectivity index (χ1) is 8.24. The summed E-state index contributed by atoms with van der Waals surface area (Å²) in [6, 6.07) is 3.66. The molecule has 3 N–H and O–H groups in total. The van der Waals surface area contributed by atoms with Gasteiger partial charge in [-0.25, -0.2) is 9.18 Å². The van der Waals surface area contributed by atoms with E-state index in [0.29, 0.717) is 5.69 Å². The highest BCUT2D eigenvalue weighted by Crippen LogP contribution is 2.31. The number of amides is 2. The third-order valence-electron chi connectivity index (χ3n) is 2.70. The maximum Gasteiger partial charge on any atom is 0.320 e. The minimum absolute atomic E-state index is 0.307. The number of anilines is 1. The topological polar surface area (TPSA) is 69.8 Å². The second kappa shape index (κ2) is 3.58. The largest absolute Gasteiger partial charge is 0.327 e. The first kappa shape index (κ1) is 9.83. The van der Waals surface area contributed by atoms with Crippen LogP contribution in [0.5, 0.6) is 0 Å². The van der Waals surface area contributed by atoms with Crippen molar-refractivity contribution < 1.29 is 9.18 Å². The molecule has 2 heterocycles. The van der Waals surface area contributed by atoms with Crippen molar-refractivity contribution in [1.29, 1.82) is 0 Å². The summed E-state index contributed by atoms with van der Waals surface area (Å²) in [6.07, 6.45) is 3.33. The van der Waals surface area contributed by atoms with Crippen molar-refractivity contribution in [3.05, 3.63) is 47.5 Å². The Labute approximate surface area is 96.0 Å². The number of aromatic nitrogens is 2. The van der Waals surface area contributed by atoms with Gasteiger partial charge in [-0.1, -0.05) is 6.07 Å². The van der Waals surface area contributed by atoms with Crippen LogP contribution in [0.3, 0.4) is 0 Å². The minimum Gasteiger partial charge on any atom is -0.327 e. The molecule has 0 bridgehead atoms. The van der Waals surface area contributed by atoms with Gasteiger partial charge in [-0.05, 0) is 12.1 Å². The molecular weight excluding hydrogens is 223 g/mol. The molecule has 1 aliphatic heterocycles. The van der Waals surface area contributed by atoms with Gasteiger partial charge in [-0.3, -0.25) is 5.10 Å². The zero-order chi connectivity index (χ0) is 11.8. The van der Waals surface area contributed by atoms with Gasteiger partial charge in [0.25, 0.3) is 0 Å². The molecule has 1 aliphatic rings. The van der Waals surface area contributed by atoms with Crippen LogP contribution >= 0.6 is 0 Å². The van der Waals surface area contributed by atoms with Gasteiger partial charge in [-0.2, -0.15) is 5.10 Å². The maximum absolute atomic E-state index is 13.1. The smallest absolute Gasteiger partial charge is 0.320 e.